The molecule has 6 heteroatoms. The summed E-state index contributed by atoms with van der Waals surface area (Å²) in [7, 11) is 3.09. The molecule has 2 aromatic rings. The molecule has 120 valence electrons. The van der Waals surface area contributed by atoms with E-state index in [1.54, 1.807) is 39.3 Å². The Balaban J connectivity index is 2.15. The summed E-state index contributed by atoms with van der Waals surface area (Å²) in [5, 5.41) is 4.03. The fourth-order valence-corrected chi connectivity index (χ4v) is 1.95. The lowest BCUT2D eigenvalue weighted by molar-refractivity contribution is 0.0954. The van der Waals surface area contributed by atoms with Gasteiger partial charge >= 0.3 is 0 Å². The quantitative estimate of drug-likeness (QED) is 0.681. The number of hydrazone groups is 1. The summed E-state index contributed by atoms with van der Waals surface area (Å²) in [6.45, 7) is 1.74. The van der Waals surface area contributed by atoms with Gasteiger partial charge in [-0.25, -0.2) is 9.82 Å². The van der Waals surface area contributed by atoms with E-state index in [0.29, 0.717) is 17.2 Å². The number of carbonyl (C=O) groups is 1. The van der Waals surface area contributed by atoms with Gasteiger partial charge in [-0.15, -0.1) is 0 Å². The minimum absolute atomic E-state index is 0.203. The van der Waals surface area contributed by atoms with Crippen LogP contribution in [0.3, 0.4) is 0 Å². The zero-order valence-electron chi connectivity index (χ0n) is 13.1. The van der Waals surface area contributed by atoms with Crippen LogP contribution < -0.4 is 14.9 Å². The summed E-state index contributed by atoms with van der Waals surface area (Å²) in [5.74, 6) is 0.214. The molecule has 1 amide bonds. The maximum Gasteiger partial charge on any atom is 0.271 e. The third-order valence-electron chi connectivity index (χ3n) is 3.21. The van der Waals surface area contributed by atoms with Crippen LogP contribution in [0.25, 0.3) is 0 Å². The summed E-state index contributed by atoms with van der Waals surface area (Å²) in [6.07, 6.45) is 0. The molecule has 23 heavy (non-hydrogen) atoms. The smallest absolute Gasteiger partial charge is 0.271 e. The molecule has 2 aromatic carbocycles. The van der Waals surface area contributed by atoms with Crippen molar-refractivity contribution in [2.45, 2.75) is 6.92 Å². The largest absolute Gasteiger partial charge is 0.493 e. The molecule has 0 aliphatic rings. The Hall–Kier alpha value is -2.89. The number of amides is 1. The van der Waals surface area contributed by atoms with Gasteiger partial charge in [-0.2, -0.15) is 5.10 Å². The molecule has 0 fully saturated rings. The van der Waals surface area contributed by atoms with Crippen molar-refractivity contribution in [2.24, 2.45) is 5.10 Å². The number of hydrogen-bond donors (Lipinski definition) is 1. The lowest BCUT2D eigenvalue weighted by atomic mass is 10.1. The Labute approximate surface area is 133 Å². The number of halogens is 1. The Morgan fingerprint density at radius 2 is 1.78 bits per heavy atom. The van der Waals surface area contributed by atoms with Gasteiger partial charge in [0.1, 0.15) is 5.82 Å². The third kappa shape index (κ3) is 4.06. The number of rotatable bonds is 5. The summed E-state index contributed by atoms with van der Waals surface area (Å²) in [4.78, 5) is 11.9. The van der Waals surface area contributed by atoms with E-state index in [0.717, 1.165) is 11.6 Å². The number of nitrogens with one attached hydrogen (secondary N) is 1. The van der Waals surface area contributed by atoms with Crippen molar-refractivity contribution < 1.29 is 18.7 Å². The Morgan fingerprint density at radius 3 is 2.43 bits per heavy atom. The summed E-state index contributed by atoms with van der Waals surface area (Å²) < 4.78 is 23.5. The lowest BCUT2D eigenvalue weighted by Crippen LogP contribution is -2.19. The maximum absolute atomic E-state index is 13.1. The molecule has 0 radical (unpaired) electrons. The summed E-state index contributed by atoms with van der Waals surface area (Å²) in [6, 6.07) is 10.7. The average Bonchev–Trinajstić information content (AvgIpc) is 2.58. The van der Waals surface area contributed by atoms with Crippen molar-refractivity contribution >= 4 is 11.6 Å². The first-order valence-corrected chi connectivity index (χ1v) is 6.87. The zero-order chi connectivity index (χ0) is 16.8. The van der Waals surface area contributed by atoms with Crippen LogP contribution in [0.1, 0.15) is 22.8 Å². The monoisotopic (exact) mass is 316 g/mol. The van der Waals surface area contributed by atoms with Gasteiger partial charge in [-0.3, -0.25) is 4.79 Å². The first-order valence-electron chi connectivity index (χ1n) is 6.87. The van der Waals surface area contributed by atoms with Crippen molar-refractivity contribution in [1.29, 1.82) is 0 Å². The van der Waals surface area contributed by atoms with Gasteiger partial charge in [0.25, 0.3) is 5.91 Å². The predicted molar refractivity (Wildman–Crippen MR) is 85.6 cm³/mol. The first-order chi connectivity index (χ1) is 11.0. The number of nitrogens with zero attached hydrogens (tertiary/aromatic N) is 1. The minimum atomic E-state index is -0.482. The highest BCUT2D eigenvalue weighted by Crippen LogP contribution is 2.27. The summed E-state index contributed by atoms with van der Waals surface area (Å²) in [5.41, 5.74) is 3.95. The van der Waals surface area contributed by atoms with Crippen LogP contribution in [0.4, 0.5) is 4.39 Å². The Kier molecular flexibility index (Phi) is 5.30. The highest BCUT2D eigenvalue weighted by atomic mass is 19.1. The normalized spacial score (nSPS) is 11.0. The summed E-state index contributed by atoms with van der Waals surface area (Å²) >= 11 is 0. The number of hydrogen-bond acceptors (Lipinski definition) is 4. The SMILES string of the molecule is COc1ccc(/C(C)=N\NC(=O)c2cccc(F)c2)cc1OC. The molecule has 0 aliphatic heterocycles. The fraction of sp³-hybridized carbons (Fsp3) is 0.176. The maximum atomic E-state index is 13.1. The first kappa shape index (κ1) is 16.5. The topological polar surface area (TPSA) is 59.9 Å². The standard InChI is InChI=1S/C17H17FN2O3/c1-11(12-7-8-15(22-2)16(10-12)23-3)19-20-17(21)13-5-4-6-14(18)9-13/h4-10H,1-3H3,(H,20,21)/b19-11-. The van der Waals surface area contributed by atoms with Crippen LogP contribution in [0, 0.1) is 5.82 Å². The number of ether oxygens (including phenoxy) is 2. The van der Waals surface area contributed by atoms with E-state index < -0.39 is 11.7 Å². The lowest BCUT2D eigenvalue weighted by Gasteiger charge is -2.09. The fourth-order valence-electron chi connectivity index (χ4n) is 1.95. The second kappa shape index (κ2) is 7.40. The van der Waals surface area contributed by atoms with E-state index in [-0.39, 0.29) is 5.56 Å². The molecule has 0 bridgehead atoms. The van der Waals surface area contributed by atoms with Gasteiger partial charge in [0, 0.05) is 11.1 Å². The average molecular weight is 316 g/mol. The van der Waals surface area contributed by atoms with Crippen LogP contribution in [0.15, 0.2) is 47.6 Å². The molecule has 0 atom stereocenters. The number of carbonyl (C=O) groups excluding carboxylic acids is 1. The predicted octanol–water partition coefficient (Wildman–Crippen LogP) is 3.00. The van der Waals surface area contributed by atoms with Crippen molar-refractivity contribution in [3.05, 3.63) is 59.4 Å². The van der Waals surface area contributed by atoms with Gasteiger partial charge in [0.05, 0.1) is 19.9 Å². The molecule has 2 rings (SSSR count). The van der Waals surface area contributed by atoms with Gasteiger partial charge in [-0.05, 0) is 43.3 Å². The molecular weight excluding hydrogens is 299 g/mol. The van der Waals surface area contributed by atoms with E-state index in [1.165, 1.54) is 18.2 Å². The van der Waals surface area contributed by atoms with E-state index in [9.17, 15) is 9.18 Å². The van der Waals surface area contributed by atoms with Crippen molar-refractivity contribution in [3.63, 3.8) is 0 Å². The van der Waals surface area contributed by atoms with Crippen LogP contribution >= 0.6 is 0 Å². The van der Waals surface area contributed by atoms with Crippen molar-refractivity contribution in [2.75, 3.05) is 14.2 Å². The van der Waals surface area contributed by atoms with Crippen LogP contribution in [-0.4, -0.2) is 25.8 Å². The molecule has 0 heterocycles. The second-order valence-electron chi connectivity index (χ2n) is 4.72. The van der Waals surface area contributed by atoms with Crippen LogP contribution in [0.5, 0.6) is 11.5 Å². The Bertz CT molecular complexity index is 744. The van der Waals surface area contributed by atoms with Gasteiger partial charge in [0.15, 0.2) is 11.5 Å². The van der Waals surface area contributed by atoms with Gasteiger partial charge in [0.2, 0.25) is 0 Å². The van der Waals surface area contributed by atoms with Crippen molar-refractivity contribution in [1.82, 2.24) is 5.43 Å². The molecule has 0 aromatic heterocycles. The molecule has 0 saturated carbocycles. The third-order valence-corrected chi connectivity index (χ3v) is 3.21. The number of benzene rings is 2. The van der Waals surface area contributed by atoms with Crippen LogP contribution in [-0.2, 0) is 0 Å². The second-order valence-corrected chi connectivity index (χ2v) is 4.72. The molecule has 0 saturated heterocycles. The van der Waals surface area contributed by atoms with E-state index in [4.69, 9.17) is 9.47 Å². The zero-order valence-corrected chi connectivity index (χ0v) is 13.1. The molecule has 1 N–H and O–H groups in total. The molecule has 0 spiro atoms. The molecule has 5 nitrogen and oxygen atoms in total. The van der Waals surface area contributed by atoms with Gasteiger partial charge < -0.3 is 9.47 Å². The highest BCUT2D eigenvalue weighted by Gasteiger charge is 2.08. The van der Waals surface area contributed by atoms with Crippen molar-refractivity contribution in [3.8, 4) is 11.5 Å². The highest BCUT2D eigenvalue weighted by molar-refractivity contribution is 6.01. The molecule has 0 unspecified atom stereocenters. The molecular formula is C17H17FN2O3. The Morgan fingerprint density at radius 1 is 1.04 bits per heavy atom. The van der Waals surface area contributed by atoms with E-state index >= 15 is 0 Å². The molecule has 0 aliphatic carbocycles. The minimum Gasteiger partial charge on any atom is -0.493 e. The van der Waals surface area contributed by atoms with Gasteiger partial charge in [-0.1, -0.05) is 6.07 Å². The van der Waals surface area contributed by atoms with E-state index in [2.05, 4.69) is 10.5 Å². The van der Waals surface area contributed by atoms with E-state index in [1.807, 2.05) is 0 Å². The number of methoxy groups -OCH3 is 2. The van der Waals surface area contributed by atoms with Crippen LogP contribution in [0.2, 0.25) is 0 Å².